The van der Waals surface area contributed by atoms with Crippen LogP contribution in [0.5, 0.6) is 0 Å². The Morgan fingerprint density at radius 2 is 2.59 bits per heavy atom. The van der Waals surface area contributed by atoms with E-state index in [2.05, 4.69) is 4.98 Å². The molecule has 2 heterocycles. The van der Waals surface area contributed by atoms with Gasteiger partial charge in [-0.15, -0.1) is 0 Å². The molecule has 2 N–H and O–H groups in total. The van der Waals surface area contributed by atoms with E-state index in [0.717, 1.165) is 19.4 Å². The fourth-order valence-corrected chi connectivity index (χ4v) is 1.89. The standard InChI is InChI=1S/C11H17N3O3/c1-2-16-10(15)9-7-17-11(13-9)14-5-3-4-8(12)6-14/h7-8H,2-6,12H2,1H3/t8-/m1/s1. The van der Waals surface area contributed by atoms with E-state index in [1.807, 2.05) is 4.90 Å². The molecule has 94 valence electrons. The molecule has 0 aliphatic carbocycles. The summed E-state index contributed by atoms with van der Waals surface area (Å²) in [7, 11) is 0. The molecule has 1 aliphatic rings. The van der Waals surface area contributed by atoms with Gasteiger partial charge < -0.3 is 19.8 Å². The van der Waals surface area contributed by atoms with Gasteiger partial charge in [-0.05, 0) is 19.8 Å². The van der Waals surface area contributed by atoms with Gasteiger partial charge in [0.15, 0.2) is 5.69 Å². The quantitative estimate of drug-likeness (QED) is 0.785. The number of esters is 1. The third kappa shape index (κ3) is 2.76. The van der Waals surface area contributed by atoms with Gasteiger partial charge in [0.2, 0.25) is 0 Å². The molecule has 0 spiro atoms. The normalized spacial score (nSPS) is 20.4. The van der Waals surface area contributed by atoms with E-state index in [4.69, 9.17) is 14.9 Å². The summed E-state index contributed by atoms with van der Waals surface area (Å²) >= 11 is 0. The van der Waals surface area contributed by atoms with Crippen molar-refractivity contribution in [1.82, 2.24) is 4.98 Å². The smallest absolute Gasteiger partial charge is 0.360 e. The maximum atomic E-state index is 11.4. The van der Waals surface area contributed by atoms with Crippen molar-refractivity contribution in [2.75, 3.05) is 24.6 Å². The molecule has 1 fully saturated rings. The number of anilines is 1. The number of rotatable bonds is 3. The molecule has 0 aromatic carbocycles. The van der Waals surface area contributed by atoms with Crippen molar-refractivity contribution in [2.24, 2.45) is 5.73 Å². The molecule has 1 aromatic rings. The van der Waals surface area contributed by atoms with Crippen molar-refractivity contribution in [1.29, 1.82) is 0 Å². The molecule has 6 nitrogen and oxygen atoms in total. The lowest BCUT2D eigenvalue weighted by Gasteiger charge is -2.29. The highest BCUT2D eigenvalue weighted by Gasteiger charge is 2.22. The number of piperidine rings is 1. The van der Waals surface area contributed by atoms with Crippen LogP contribution in [0.4, 0.5) is 6.01 Å². The maximum Gasteiger partial charge on any atom is 0.360 e. The Labute approximate surface area is 99.7 Å². The SMILES string of the molecule is CCOC(=O)c1coc(N2CCC[C@@H](N)C2)n1. The summed E-state index contributed by atoms with van der Waals surface area (Å²) in [6, 6.07) is 0.588. The summed E-state index contributed by atoms with van der Waals surface area (Å²) in [4.78, 5) is 17.5. The second-order valence-electron chi connectivity index (χ2n) is 4.08. The second kappa shape index (κ2) is 5.18. The van der Waals surface area contributed by atoms with Gasteiger partial charge in [0.1, 0.15) is 6.26 Å². The Balaban J connectivity index is 2.04. The van der Waals surface area contributed by atoms with Crippen molar-refractivity contribution < 1.29 is 13.9 Å². The molecule has 17 heavy (non-hydrogen) atoms. The van der Waals surface area contributed by atoms with Gasteiger partial charge in [0.25, 0.3) is 6.01 Å². The zero-order chi connectivity index (χ0) is 12.3. The summed E-state index contributed by atoms with van der Waals surface area (Å²) in [6.07, 6.45) is 3.35. The van der Waals surface area contributed by atoms with Gasteiger partial charge in [0, 0.05) is 19.1 Å². The first-order valence-corrected chi connectivity index (χ1v) is 5.84. The molecule has 1 aliphatic heterocycles. The molecule has 2 rings (SSSR count). The van der Waals surface area contributed by atoms with Crippen molar-refractivity contribution in [3.63, 3.8) is 0 Å². The molecule has 1 saturated heterocycles. The topological polar surface area (TPSA) is 81.6 Å². The van der Waals surface area contributed by atoms with Crippen molar-refractivity contribution in [3.05, 3.63) is 12.0 Å². The predicted molar refractivity (Wildman–Crippen MR) is 61.9 cm³/mol. The molecule has 0 unspecified atom stereocenters. The second-order valence-corrected chi connectivity index (χ2v) is 4.08. The molecule has 1 aromatic heterocycles. The third-order valence-corrected chi connectivity index (χ3v) is 2.70. The average Bonchev–Trinajstić information content (AvgIpc) is 2.78. The lowest BCUT2D eigenvalue weighted by Crippen LogP contribution is -2.43. The molecular weight excluding hydrogens is 222 g/mol. The monoisotopic (exact) mass is 239 g/mol. The molecule has 1 atom stereocenters. The largest absolute Gasteiger partial charge is 0.461 e. The highest BCUT2D eigenvalue weighted by molar-refractivity contribution is 5.87. The number of aromatic nitrogens is 1. The fourth-order valence-electron chi connectivity index (χ4n) is 1.89. The van der Waals surface area contributed by atoms with Crippen LogP contribution in [-0.2, 0) is 4.74 Å². The van der Waals surface area contributed by atoms with Gasteiger partial charge in [0.05, 0.1) is 6.61 Å². The van der Waals surface area contributed by atoms with Crippen molar-refractivity contribution in [3.8, 4) is 0 Å². The number of carbonyl (C=O) groups is 1. The van der Waals surface area contributed by atoms with E-state index in [1.165, 1.54) is 6.26 Å². The summed E-state index contributed by atoms with van der Waals surface area (Å²) in [6.45, 7) is 3.65. The van der Waals surface area contributed by atoms with Crippen LogP contribution in [0.1, 0.15) is 30.3 Å². The molecule has 0 bridgehead atoms. The molecular formula is C11H17N3O3. The van der Waals surface area contributed by atoms with Crippen LogP contribution >= 0.6 is 0 Å². The number of nitrogens with two attached hydrogens (primary N) is 1. The fraction of sp³-hybridized carbons (Fsp3) is 0.636. The molecule has 6 heteroatoms. The van der Waals surface area contributed by atoms with Crippen LogP contribution in [0, 0.1) is 0 Å². The van der Waals surface area contributed by atoms with E-state index >= 15 is 0 Å². The summed E-state index contributed by atoms with van der Waals surface area (Å²) in [5.41, 5.74) is 6.08. The van der Waals surface area contributed by atoms with Crippen molar-refractivity contribution >= 4 is 12.0 Å². The summed E-state index contributed by atoms with van der Waals surface area (Å²) < 4.78 is 10.1. The third-order valence-electron chi connectivity index (χ3n) is 2.70. The number of nitrogens with zero attached hydrogens (tertiary/aromatic N) is 2. The predicted octanol–water partition coefficient (Wildman–Crippen LogP) is 0.779. The van der Waals surface area contributed by atoms with Crippen LogP contribution in [0.2, 0.25) is 0 Å². The van der Waals surface area contributed by atoms with Crippen LogP contribution in [0.15, 0.2) is 10.7 Å². The Morgan fingerprint density at radius 1 is 1.76 bits per heavy atom. The minimum Gasteiger partial charge on any atom is -0.461 e. The average molecular weight is 239 g/mol. The van der Waals surface area contributed by atoms with Gasteiger partial charge >= 0.3 is 5.97 Å². The van der Waals surface area contributed by atoms with E-state index in [-0.39, 0.29) is 11.7 Å². The summed E-state index contributed by atoms with van der Waals surface area (Å²) in [5.74, 6) is -0.455. The molecule has 0 saturated carbocycles. The first kappa shape index (κ1) is 11.9. The number of carbonyl (C=O) groups excluding carboxylic acids is 1. The highest BCUT2D eigenvalue weighted by atomic mass is 16.5. The Morgan fingerprint density at radius 3 is 3.29 bits per heavy atom. The first-order valence-electron chi connectivity index (χ1n) is 5.84. The van der Waals surface area contributed by atoms with Gasteiger partial charge in [-0.2, -0.15) is 4.98 Å². The Kier molecular flexibility index (Phi) is 3.63. The van der Waals surface area contributed by atoms with Crippen LogP contribution in [-0.4, -0.2) is 36.7 Å². The lowest BCUT2D eigenvalue weighted by molar-refractivity contribution is 0.0519. The lowest BCUT2D eigenvalue weighted by atomic mass is 10.1. The molecule has 0 radical (unpaired) electrons. The van der Waals surface area contributed by atoms with Crippen LogP contribution in [0.3, 0.4) is 0 Å². The van der Waals surface area contributed by atoms with Gasteiger partial charge in [-0.3, -0.25) is 0 Å². The Bertz CT molecular complexity index is 391. The van der Waals surface area contributed by atoms with Gasteiger partial charge in [-0.25, -0.2) is 4.79 Å². The van der Waals surface area contributed by atoms with Crippen LogP contribution in [0.25, 0.3) is 0 Å². The van der Waals surface area contributed by atoms with Crippen molar-refractivity contribution in [2.45, 2.75) is 25.8 Å². The van der Waals surface area contributed by atoms with E-state index < -0.39 is 5.97 Å². The minimum absolute atomic E-state index is 0.140. The minimum atomic E-state index is -0.455. The number of hydrogen-bond donors (Lipinski definition) is 1. The van der Waals surface area contributed by atoms with E-state index in [0.29, 0.717) is 19.2 Å². The highest BCUT2D eigenvalue weighted by Crippen LogP contribution is 2.18. The Hall–Kier alpha value is -1.56. The molecule has 0 amide bonds. The van der Waals surface area contributed by atoms with Gasteiger partial charge in [-0.1, -0.05) is 0 Å². The zero-order valence-electron chi connectivity index (χ0n) is 9.89. The first-order chi connectivity index (χ1) is 8.20. The van der Waals surface area contributed by atoms with E-state index in [9.17, 15) is 4.79 Å². The number of ether oxygens (including phenoxy) is 1. The van der Waals surface area contributed by atoms with E-state index in [1.54, 1.807) is 6.92 Å². The van der Waals surface area contributed by atoms with Crippen LogP contribution < -0.4 is 10.6 Å². The zero-order valence-corrected chi connectivity index (χ0v) is 9.89. The summed E-state index contributed by atoms with van der Waals surface area (Å²) in [5, 5.41) is 0. The maximum absolute atomic E-state index is 11.4. The number of hydrogen-bond acceptors (Lipinski definition) is 6. The number of oxazole rings is 1.